The van der Waals surface area contributed by atoms with Crippen molar-refractivity contribution in [1.29, 1.82) is 0 Å². The molecule has 4 nitrogen and oxygen atoms in total. The number of hydrogen-bond donors (Lipinski definition) is 1. The number of rotatable bonds is 4. The van der Waals surface area contributed by atoms with Crippen molar-refractivity contribution in [2.45, 2.75) is 25.4 Å². The van der Waals surface area contributed by atoms with Gasteiger partial charge in [0.05, 0.1) is 11.2 Å². The average Bonchev–Trinajstić information content (AvgIpc) is 3.23. The largest absolute Gasteiger partial charge is 0.310 e. The number of nitrogens with zero attached hydrogens (tertiary/aromatic N) is 3. The van der Waals surface area contributed by atoms with Crippen molar-refractivity contribution >= 4 is 11.0 Å². The highest BCUT2D eigenvalue weighted by Gasteiger charge is 2.22. The molecular formula is C16H15FN4. The van der Waals surface area contributed by atoms with E-state index in [4.69, 9.17) is 0 Å². The molecule has 1 fully saturated rings. The summed E-state index contributed by atoms with van der Waals surface area (Å²) in [5, 5.41) is 11.7. The second-order valence-corrected chi connectivity index (χ2v) is 5.38. The van der Waals surface area contributed by atoms with E-state index < -0.39 is 0 Å². The molecule has 106 valence electrons. The molecule has 0 saturated heterocycles. The molecule has 1 aliphatic rings. The summed E-state index contributed by atoms with van der Waals surface area (Å²) in [6.07, 6.45) is 2.35. The molecule has 21 heavy (non-hydrogen) atoms. The molecule has 4 rings (SSSR count). The summed E-state index contributed by atoms with van der Waals surface area (Å²) in [5.74, 6) is -0.208. The highest BCUT2D eigenvalue weighted by molar-refractivity contribution is 5.76. The lowest BCUT2D eigenvalue weighted by Gasteiger charge is -2.11. The van der Waals surface area contributed by atoms with Gasteiger partial charge >= 0.3 is 0 Å². The number of para-hydroxylation sites is 1. The number of nitrogens with one attached hydrogen (secondary N) is 1. The van der Waals surface area contributed by atoms with Crippen LogP contribution in [-0.4, -0.2) is 21.0 Å². The van der Waals surface area contributed by atoms with Gasteiger partial charge in [-0.25, -0.2) is 9.07 Å². The van der Waals surface area contributed by atoms with Crippen LogP contribution in [-0.2, 0) is 6.54 Å². The zero-order chi connectivity index (χ0) is 14.2. The summed E-state index contributed by atoms with van der Waals surface area (Å²) in [5.41, 5.74) is 3.08. The van der Waals surface area contributed by atoms with Crippen LogP contribution in [0.25, 0.3) is 16.7 Å². The lowest BCUT2D eigenvalue weighted by atomic mass is 10.1. The molecule has 1 saturated carbocycles. The minimum Gasteiger partial charge on any atom is -0.310 e. The molecule has 1 heterocycles. The quantitative estimate of drug-likeness (QED) is 0.800. The Bertz CT molecular complexity index is 792. The molecular weight excluding hydrogens is 267 g/mol. The van der Waals surface area contributed by atoms with E-state index in [0.717, 1.165) is 16.7 Å². The highest BCUT2D eigenvalue weighted by Crippen LogP contribution is 2.24. The van der Waals surface area contributed by atoms with Crippen LogP contribution >= 0.6 is 0 Å². The molecule has 5 heteroatoms. The minimum absolute atomic E-state index is 0.208. The number of hydrogen-bond acceptors (Lipinski definition) is 3. The zero-order valence-electron chi connectivity index (χ0n) is 11.5. The third kappa shape index (κ3) is 2.29. The highest BCUT2D eigenvalue weighted by atomic mass is 19.1. The SMILES string of the molecule is Fc1cccc(-n2nnc3ccccc32)c1CNC1CC1. The third-order valence-corrected chi connectivity index (χ3v) is 3.82. The summed E-state index contributed by atoms with van der Waals surface area (Å²) in [6.45, 7) is 0.515. The molecule has 0 amide bonds. The van der Waals surface area contributed by atoms with E-state index in [1.165, 1.54) is 18.9 Å². The molecule has 2 aromatic carbocycles. The Balaban J connectivity index is 1.81. The van der Waals surface area contributed by atoms with Crippen LogP contribution in [0, 0.1) is 5.82 Å². The maximum atomic E-state index is 14.2. The first-order valence-corrected chi connectivity index (χ1v) is 7.14. The fraction of sp³-hybridized carbons (Fsp3) is 0.250. The fourth-order valence-corrected chi connectivity index (χ4v) is 2.50. The molecule has 0 unspecified atom stereocenters. The van der Waals surface area contributed by atoms with Crippen LogP contribution in [0.1, 0.15) is 18.4 Å². The van der Waals surface area contributed by atoms with E-state index in [1.54, 1.807) is 10.7 Å². The van der Waals surface area contributed by atoms with Gasteiger partial charge < -0.3 is 5.32 Å². The Morgan fingerprint density at radius 1 is 1.14 bits per heavy atom. The standard InChI is InChI=1S/C16H15FN4/c17-13-4-3-7-15(12(13)10-18-11-8-9-11)21-16-6-2-1-5-14(16)19-20-21/h1-7,11,18H,8-10H2. The summed E-state index contributed by atoms with van der Waals surface area (Å²) < 4.78 is 15.9. The van der Waals surface area contributed by atoms with E-state index >= 15 is 0 Å². The fourth-order valence-electron chi connectivity index (χ4n) is 2.50. The molecule has 1 aromatic heterocycles. The van der Waals surface area contributed by atoms with Crippen molar-refractivity contribution < 1.29 is 4.39 Å². The predicted octanol–water partition coefficient (Wildman–Crippen LogP) is 2.81. The zero-order valence-corrected chi connectivity index (χ0v) is 11.5. The maximum absolute atomic E-state index is 14.2. The van der Waals surface area contributed by atoms with E-state index in [-0.39, 0.29) is 5.82 Å². The van der Waals surface area contributed by atoms with E-state index in [2.05, 4.69) is 15.6 Å². The number of benzene rings is 2. The molecule has 0 spiro atoms. The lowest BCUT2D eigenvalue weighted by Crippen LogP contribution is -2.18. The van der Waals surface area contributed by atoms with Gasteiger partial charge in [-0.3, -0.25) is 0 Å². The Hall–Kier alpha value is -2.27. The Morgan fingerprint density at radius 2 is 2.00 bits per heavy atom. The van der Waals surface area contributed by atoms with E-state index in [1.807, 2.05) is 30.3 Å². The van der Waals surface area contributed by atoms with Gasteiger partial charge in [0.2, 0.25) is 0 Å². The normalized spacial score (nSPS) is 14.7. The van der Waals surface area contributed by atoms with Crippen molar-refractivity contribution in [2.75, 3.05) is 0 Å². The monoisotopic (exact) mass is 282 g/mol. The first kappa shape index (κ1) is 12.5. The van der Waals surface area contributed by atoms with Crippen molar-refractivity contribution in [2.24, 2.45) is 0 Å². The number of halogens is 1. The van der Waals surface area contributed by atoms with Gasteiger partial charge in [-0.15, -0.1) is 5.10 Å². The van der Waals surface area contributed by atoms with Crippen LogP contribution in [0.5, 0.6) is 0 Å². The van der Waals surface area contributed by atoms with Gasteiger partial charge in [0.15, 0.2) is 0 Å². The van der Waals surface area contributed by atoms with Crippen LogP contribution in [0.3, 0.4) is 0 Å². The van der Waals surface area contributed by atoms with Crippen molar-refractivity contribution in [3.05, 3.63) is 53.8 Å². The summed E-state index contributed by atoms with van der Waals surface area (Å²) in [7, 11) is 0. The second-order valence-electron chi connectivity index (χ2n) is 5.38. The summed E-state index contributed by atoms with van der Waals surface area (Å²) >= 11 is 0. The van der Waals surface area contributed by atoms with Crippen LogP contribution in [0.15, 0.2) is 42.5 Å². The van der Waals surface area contributed by atoms with Gasteiger partial charge in [-0.1, -0.05) is 23.4 Å². The Labute approximate surface area is 121 Å². The Morgan fingerprint density at radius 3 is 2.86 bits per heavy atom. The van der Waals surface area contributed by atoms with Gasteiger partial charge in [0.1, 0.15) is 11.3 Å². The lowest BCUT2D eigenvalue weighted by molar-refractivity contribution is 0.582. The molecule has 1 N–H and O–H groups in total. The molecule has 1 aliphatic carbocycles. The van der Waals surface area contributed by atoms with E-state index in [9.17, 15) is 4.39 Å². The third-order valence-electron chi connectivity index (χ3n) is 3.82. The van der Waals surface area contributed by atoms with Gasteiger partial charge in [0, 0.05) is 18.2 Å². The van der Waals surface area contributed by atoms with Gasteiger partial charge in [0.25, 0.3) is 0 Å². The van der Waals surface area contributed by atoms with Crippen LogP contribution in [0.2, 0.25) is 0 Å². The average molecular weight is 282 g/mol. The van der Waals surface area contributed by atoms with Gasteiger partial charge in [-0.05, 0) is 37.1 Å². The van der Waals surface area contributed by atoms with E-state index in [0.29, 0.717) is 18.2 Å². The maximum Gasteiger partial charge on any atom is 0.129 e. The molecule has 0 aliphatic heterocycles. The van der Waals surface area contributed by atoms with Crippen LogP contribution < -0.4 is 5.32 Å². The smallest absolute Gasteiger partial charge is 0.129 e. The minimum atomic E-state index is -0.208. The number of aromatic nitrogens is 3. The number of fused-ring (bicyclic) bond motifs is 1. The Kier molecular flexibility index (Phi) is 2.93. The van der Waals surface area contributed by atoms with Crippen molar-refractivity contribution in [1.82, 2.24) is 20.3 Å². The topological polar surface area (TPSA) is 42.7 Å². The first-order valence-electron chi connectivity index (χ1n) is 7.14. The van der Waals surface area contributed by atoms with Crippen molar-refractivity contribution in [3.8, 4) is 5.69 Å². The second kappa shape index (κ2) is 4.93. The molecule has 0 bridgehead atoms. The molecule has 0 radical (unpaired) electrons. The first-order chi connectivity index (χ1) is 10.3. The summed E-state index contributed by atoms with van der Waals surface area (Å²) in [4.78, 5) is 0. The van der Waals surface area contributed by atoms with Crippen LogP contribution in [0.4, 0.5) is 4.39 Å². The summed E-state index contributed by atoms with van der Waals surface area (Å²) in [6, 6.07) is 13.3. The van der Waals surface area contributed by atoms with Crippen molar-refractivity contribution in [3.63, 3.8) is 0 Å². The molecule has 0 atom stereocenters. The van der Waals surface area contributed by atoms with Gasteiger partial charge in [-0.2, -0.15) is 0 Å². The predicted molar refractivity (Wildman–Crippen MR) is 78.7 cm³/mol. The molecule has 3 aromatic rings.